The Labute approximate surface area is 158 Å². The van der Waals surface area contributed by atoms with Gasteiger partial charge in [0.1, 0.15) is 5.75 Å². The van der Waals surface area contributed by atoms with Crippen molar-refractivity contribution >= 4 is 29.9 Å². The first kappa shape index (κ1) is 19.5. The second-order valence-electron chi connectivity index (χ2n) is 5.79. The third kappa shape index (κ3) is 4.84. The molecule has 2 aromatic rings. The van der Waals surface area contributed by atoms with Gasteiger partial charge >= 0.3 is 0 Å². The lowest BCUT2D eigenvalue weighted by molar-refractivity contribution is -0.136. The zero-order chi connectivity index (χ0) is 16.9. The molecular weight excluding hydrogens is 361 g/mol. The summed E-state index contributed by atoms with van der Waals surface area (Å²) in [6.07, 6.45) is 3.54. The summed E-state index contributed by atoms with van der Waals surface area (Å²) in [5, 5.41) is 4.02. The van der Waals surface area contributed by atoms with E-state index in [9.17, 15) is 4.79 Å². The SMILES string of the molecule is Cc1cc(OCC(=O)N2CCNCC2c2cccnc2)ccc1Cl.Cl. The van der Waals surface area contributed by atoms with E-state index in [4.69, 9.17) is 16.3 Å². The van der Waals surface area contributed by atoms with Crippen LogP contribution in [0.4, 0.5) is 0 Å². The molecule has 25 heavy (non-hydrogen) atoms. The quantitative estimate of drug-likeness (QED) is 0.884. The fourth-order valence-electron chi connectivity index (χ4n) is 2.81. The number of carbonyl (C=O) groups is 1. The van der Waals surface area contributed by atoms with Gasteiger partial charge in [-0.3, -0.25) is 9.78 Å². The number of carbonyl (C=O) groups excluding carboxylic acids is 1. The van der Waals surface area contributed by atoms with Crippen LogP contribution in [0.3, 0.4) is 0 Å². The van der Waals surface area contributed by atoms with Gasteiger partial charge in [-0.1, -0.05) is 17.7 Å². The molecule has 1 amide bonds. The van der Waals surface area contributed by atoms with E-state index in [-0.39, 0.29) is 31.0 Å². The molecule has 1 fully saturated rings. The summed E-state index contributed by atoms with van der Waals surface area (Å²) in [6.45, 7) is 4.07. The molecule has 1 aliphatic rings. The minimum atomic E-state index is -0.0297. The lowest BCUT2D eigenvalue weighted by Gasteiger charge is -2.36. The number of aryl methyl sites for hydroxylation is 1. The Morgan fingerprint density at radius 2 is 2.28 bits per heavy atom. The number of piperazine rings is 1. The number of nitrogens with one attached hydrogen (secondary N) is 1. The van der Waals surface area contributed by atoms with Crippen molar-refractivity contribution in [2.45, 2.75) is 13.0 Å². The number of benzene rings is 1. The molecule has 1 aliphatic heterocycles. The molecule has 1 aromatic heterocycles. The summed E-state index contributed by atoms with van der Waals surface area (Å²) in [5.74, 6) is 0.622. The van der Waals surface area contributed by atoms with Gasteiger partial charge in [0.25, 0.3) is 5.91 Å². The highest BCUT2D eigenvalue weighted by molar-refractivity contribution is 6.31. The van der Waals surface area contributed by atoms with E-state index in [1.165, 1.54) is 0 Å². The van der Waals surface area contributed by atoms with Crippen molar-refractivity contribution in [2.24, 2.45) is 0 Å². The van der Waals surface area contributed by atoms with Crippen molar-refractivity contribution in [3.8, 4) is 5.75 Å². The minimum absolute atomic E-state index is 0. The molecule has 0 saturated carbocycles. The molecule has 0 bridgehead atoms. The number of hydrogen-bond acceptors (Lipinski definition) is 4. The molecule has 0 radical (unpaired) electrons. The van der Waals surface area contributed by atoms with Crippen molar-refractivity contribution in [3.05, 3.63) is 58.9 Å². The second kappa shape index (κ2) is 9.04. The van der Waals surface area contributed by atoms with E-state index >= 15 is 0 Å². The Morgan fingerprint density at radius 3 is 3.00 bits per heavy atom. The Balaban J connectivity index is 0.00000225. The van der Waals surface area contributed by atoms with Crippen LogP contribution in [0.2, 0.25) is 5.02 Å². The summed E-state index contributed by atoms with van der Waals surface area (Å²) >= 11 is 6.01. The largest absolute Gasteiger partial charge is 0.484 e. The molecule has 1 saturated heterocycles. The minimum Gasteiger partial charge on any atom is -0.484 e. The molecule has 3 rings (SSSR count). The van der Waals surface area contributed by atoms with Crippen molar-refractivity contribution in [1.29, 1.82) is 0 Å². The maximum Gasteiger partial charge on any atom is 0.261 e. The average molecular weight is 382 g/mol. The topological polar surface area (TPSA) is 54.5 Å². The van der Waals surface area contributed by atoms with Crippen LogP contribution in [0, 0.1) is 6.92 Å². The number of hydrogen-bond donors (Lipinski definition) is 1. The van der Waals surface area contributed by atoms with E-state index in [1.807, 2.05) is 30.0 Å². The molecule has 1 unspecified atom stereocenters. The highest BCUT2D eigenvalue weighted by atomic mass is 35.5. The summed E-state index contributed by atoms with van der Waals surface area (Å²) in [5.41, 5.74) is 1.96. The number of halogens is 2. The van der Waals surface area contributed by atoms with E-state index in [2.05, 4.69) is 10.3 Å². The van der Waals surface area contributed by atoms with Crippen LogP contribution in [0.25, 0.3) is 0 Å². The predicted octanol–water partition coefficient (Wildman–Crippen LogP) is 3.02. The number of amides is 1. The van der Waals surface area contributed by atoms with Crippen LogP contribution in [0.15, 0.2) is 42.7 Å². The number of pyridine rings is 1. The van der Waals surface area contributed by atoms with Gasteiger partial charge in [0.2, 0.25) is 0 Å². The number of rotatable bonds is 4. The van der Waals surface area contributed by atoms with Gasteiger partial charge in [-0.15, -0.1) is 12.4 Å². The van der Waals surface area contributed by atoms with Crippen LogP contribution >= 0.6 is 24.0 Å². The lowest BCUT2D eigenvalue weighted by Crippen LogP contribution is -2.50. The van der Waals surface area contributed by atoms with Gasteiger partial charge in [-0.2, -0.15) is 0 Å². The Bertz CT molecular complexity index is 713. The predicted molar refractivity (Wildman–Crippen MR) is 100 cm³/mol. The summed E-state index contributed by atoms with van der Waals surface area (Å²) < 4.78 is 5.66. The molecule has 1 N–H and O–H groups in total. The maximum absolute atomic E-state index is 12.6. The van der Waals surface area contributed by atoms with Crippen LogP contribution in [-0.2, 0) is 4.79 Å². The third-order valence-corrected chi connectivity index (χ3v) is 4.55. The van der Waals surface area contributed by atoms with Gasteiger partial charge in [0.15, 0.2) is 6.61 Å². The van der Waals surface area contributed by atoms with Crippen molar-refractivity contribution in [1.82, 2.24) is 15.2 Å². The summed E-state index contributed by atoms with van der Waals surface area (Å²) in [7, 11) is 0. The normalized spacial score (nSPS) is 16.9. The smallest absolute Gasteiger partial charge is 0.261 e. The monoisotopic (exact) mass is 381 g/mol. The number of ether oxygens (including phenoxy) is 1. The van der Waals surface area contributed by atoms with Gasteiger partial charge in [-0.05, 0) is 42.3 Å². The van der Waals surface area contributed by atoms with Gasteiger partial charge in [0.05, 0.1) is 6.04 Å². The lowest BCUT2D eigenvalue weighted by atomic mass is 10.1. The molecule has 1 aromatic carbocycles. The van der Waals surface area contributed by atoms with Gasteiger partial charge < -0.3 is 15.0 Å². The second-order valence-corrected chi connectivity index (χ2v) is 6.20. The molecule has 1 atom stereocenters. The molecule has 5 nitrogen and oxygen atoms in total. The molecule has 2 heterocycles. The van der Waals surface area contributed by atoms with Gasteiger partial charge in [0, 0.05) is 37.1 Å². The van der Waals surface area contributed by atoms with Crippen molar-refractivity contribution < 1.29 is 9.53 Å². The van der Waals surface area contributed by atoms with Crippen molar-refractivity contribution in [3.63, 3.8) is 0 Å². The standard InChI is InChI=1S/C18H20ClN3O2.ClH/c1-13-9-15(4-5-16(13)19)24-12-18(23)22-8-7-21-11-17(22)14-3-2-6-20-10-14;/h2-6,9-10,17,21H,7-8,11-12H2,1H3;1H. The number of aromatic nitrogens is 1. The number of nitrogens with zero attached hydrogens (tertiary/aromatic N) is 2. The summed E-state index contributed by atoms with van der Waals surface area (Å²) in [4.78, 5) is 18.6. The fraction of sp³-hybridized carbons (Fsp3) is 0.333. The Morgan fingerprint density at radius 1 is 1.44 bits per heavy atom. The fourth-order valence-corrected chi connectivity index (χ4v) is 2.93. The Hall–Kier alpha value is -1.82. The van der Waals surface area contributed by atoms with Crippen molar-refractivity contribution in [2.75, 3.05) is 26.2 Å². The van der Waals surface area contributed by atoms with E-state index in [0.717, 1.165) is 24.2 Å². The maximum atomic E-state index is 12.6. The Kier molecular flexibility index (Phi) is 7.05. The zero-order valence-corrected chi connectivity index (χ0v) is 15.5. The van der Waals surface area contributed by atoms with Crippen LogP contribution in [-0.4, -0.2) is 42.0 Å². The highest BCUT2D eigenvalue weighted by Crippen LogP contribution is 2.23. The highest BCUT2D eigenvalue weighted by Gasteiger charge is 2.28. The van der Waals surface area contributed by atoms with Gasteiger partial charge in [-0.25, -0.2) is 0 Å². The average Bonchev–Trinajstić information content (AvgIpc) is 2.63. The molecule has 0 spiro atoms. The first-order valence-corrected chi connectivity index (χ1v) is 8.32. The molecule has 134 valence electrons. The van der Waals surface area contributed by atoms with E-state index in [1.54, 1.807) is 24.5 Å². The van der Waals surface area contributed by atoms with Crippen LogP contribution in [0.5, 0.6) is 5.75 Å². The third-order valence-electron chi connectivity index (χ3n) is 4.12. The first-order valence-electron chi connectivity index (χ1n) is 7.94. The first-order chi connectivity index (χ1) is 11.6. The van der Waals surface area contributed by atoms with Crippen LogP contribution in [0.1, 0.15) is 17.2 Å². The molecule has 7 heteroatoms. The van der Waals surface area contributed by atoms with Crippen LogP contribution < -0.4 is 10.1 Å². The summed E-state index contributed by atoms with van der Waals surface area (Å²) in [6, 6.07) is 9.26. The van der Waals surface area contributed by atoms with E-state index < -0.39 is 0 Å². The van der Waals surface area contributed by atoms with E-state index in [0.29, 0.717) is 17.3 Å². The molecule has 0 aliphatic carbocycles. The molecular formula is C18H21Cl2N3O2. The zero-order valence-electron chi connectivity index (χ0n) is 13.9.